The van der Waals surface area contributed by atoms with Gasteiger partial charge in [-0.1, -0.05) is 0 Å². The van der Waals surface area contributed by atoms with Crippen LogP contribution < -0.4 is 10.6 Å². The summed E-state index contributed by atoms with van der Waals surface area (Å²) >= 11 is 0. The third kappa shape index (κ3) is 2.95. The van der Waals surface area contributed by atoms with E-state index in [1.54, 1.807) is 18.3 Å². The van der Waals surface area contributed by atoms with Gasteiger partial charge in [-0.05, 0) is 44.0 Å². The van der Waals surface area contributed by atoms with Crippen LogP contribution in [0.5, 0.6) is 0 Å². The minimum absolute atomic E-state index is 0.0496. The van der Waals surface area contributed by atoms with Gasteiger partial charge in [-0.2, -0.15) is 0 Å². The maximum Gasteiger partial charge on any atom is 0.295 e. The molecule has 0 amide bonds. The molecule has 0 bridgehead atoms. The van der Waals surface area contributed by atoms with Crippen LogP contribution in [0.4, 0.5) is 11.4 Å². The summed E-state index contributed by atoms with van der Waals surface area (Å²) in [5, 5.41) is 18.7. The molecule has 6 nitrogen and oxygen atoms in total. The number of fused-ring (bicyclic) bond motifs is 1. The number of hydrogen-bond donors (Lipinski definition) is 2. The fourth-order valence-electron chi connectivity index (χ4n) is 2.84. The second-order valence-corrected chi connectivity index (χ2v) is 5.30. The van der Waals surface area contributed by atoms with Gasteiger partial charge in [0.2, 0.25) is 0 Å². The summed E-state index contributed by atoms with van der Waals surface area (Å²) in [6.45, 7) is 1.95. The Hall–Kier alpha value is -2.21. The predicted molar refractivity (Wildman–Crippen MR) is 82.5 cm³/mol. The van der Waals surface area contributed by atoms with Crippen LogP contribution in [0.2, 0.25) is 0 Å². The lowest BCUT2D eigenvalue weighted by Crippen LogP contribution is -2.24. The van der Waals surface area contributed by atoms with E-state index in [4.69, 9.17) is 0 Å². The van der Waals surface area contributed by atoms with E-state index in [0.29, 0.717) is 11.6 Å². The van der Waals surface area contributed by atoms with Gasteiger partial charge < -0.3 is 10.6 Å². The summed E-state index contributed by atoms with van der Waals surface area (Å²) in [6, 6.07) is 7.54. The van der Waals surface area contributed by atoms with E-state index in [9.17, 15) is 10.1 Å². The third-order valence-electron chi connectivity index (χ3n) is 3.92. The highest BCUT2D eigenvalue weighted by Gasteiger charge is 2.16. The lowest BCUT2D eigenvalue weighted by molar-refractivity contribution is -0.383. The molecule has 1 aromatic heterocycles. The molecular weight excluding hydrogens is 268 g/mol. The number of benzene rings is 1. The summed E-state index contributed by atoms with van der Waals surface area (Å²) in [4.78, 5) is 14.8. The van der Waals surface area contributed by atoms with Crippen molar-refractivity contribution >= 4 is 22.3 Å². The number of nitrogens with zero attached hydrogens (tertiary/aromatic N) is 2. The molecule has 3 rings (SSSR count). The van der Waals surface area contributed by atoms with Gasteiger partial charge in [0.15, 0.2) is 0 Å². The quantitative estimate of drug-likeness (QED) is 0.652. The molecule has 1 fully saturated rings. The Bertz CT molecular complexity index is 653. The van der Waals surface area contributed by atoms with Gasteiger partial charge in [0.25, 0.3) is 5.69 Å². The van der Waals surface area contributed by atoms with Crippen LogP contribution in [0.25, 0.3) is 10.9 Å². The van der Waals surface area contributed by atoms with Crippen molar-refractivity contribution in [2.24, 2.45) is 0 Å². The predicted octanol–water partition coefficient (Wildman–Crippen LogP) is 2.70. The van der Waals surface area contributed by atoms with Crippen molar-refractivity contribution in [1.29, 1.82) is 0 Å². The number of nitro benzene ring substituents is 1. The standard InChI is InChI=1S/C15H18N4O2/c20-19(21)14-6-5-13(12-4-2-9-18-15(12)14)17-10-7-11-3-1-8-16-11/h2,4-6,9,11,16-17H,1,3,7-8,10H2/t11-/m0/s1. The molecule has 1 aliphatic rings. The summed E-state index contributed by atoms with van der Waals surface area (Å²) in [5.74, 6) is 0. The Morgan fingerprint density at radius 2 is 2.33 bits per heavy atom. The second kappa shape index (κ2) is 6.05. The molecule has 21 heavy (non-hydrogen) atoms. The molecule has 0 spiro atoms. The van der Waals surface area contributed by atoms with Crippen LogP contribution >= 0.6 is 0 Å². The molecule has 0 saturated carbocycles. The molecular formula is C15H18N4O2. The largest absolute Gasteiger partial charge is 0.384 e. The number of nitrogens with one attached hydrogen (secondary N) is 2. The van der Waals surface area contributed by atoms with Crippen LogP contribution in [-0.2, 0) is 0 Å². The zero-order chi connectivity index (χ0) is 14.7. The fraction of sp³-hybridized carbons (Fsp3) is 0.400. The van der Waals surface area contributed by atoms with E-state index >= 15 is 0 Å². The Morgan fingerprint density at radius 3 is 3.10 bits per heavy atom. The molecule has 2 N–H and O–H groups in total. The topological polar surface area (TPSA) is 80.1 Å². The molecule has 1 aromatic carbocycles. The van der Waals surface area contributed by atoms with Gasteiger partial charge in [-0.25, -0.2) is 4.98 Å². The first-order valence-electron chi connectivity index (χ1n) is 7.25. The van der Waals surface area contributed by atoms with Gasteiger partial charge in [0.1, 0.15) is 5.52 Å². The van der Waals surface area contributed by atoms with Gasteiger partial charge in [-0.15, -0.1) is 0 Å². The van der Waals surface area contributed by atoms with Crippen molar-refractivity contribution in [3.8, 4) is 0 Å². The smallest absolute Gasteiger partial charge is 0.295 e. The zero-order valence-corrected chi connectivity index (χ0v) is 11.7. The van der Waals surface area contributed by atoms with Crippen LogP contribution in [-0.4, -0.2) is 29.0 Å². The monoisotopic (exact) mass is 286 g/mol. The van der Waals surface area contributed by atoms with E-state index in [1.807, 2.05) is 6.07 Å². The Labute approximate surface area is 122 Å². The van der Waals surface area contributed by atoms with Crippen LogP contribution in [0.3, 0.4) is 0 Å². The Balaban J connectivity index is 1.79. The first-order chi connectivity index (χ1) is 10.3. The molecule has 110 valence electrons. The average molecular weight is 286 g/mol. The highest BCUT2D eigenvalue weighted by atomic mass is 16.6. The highest BCUT2D eigenvalue weighted by molar-refractivity contribution is 5.96. The molecule has 0 radical (unpaired) electrons. The zero-order valence-electron chi connectivity index (χ0n) is 11.7. The molecule has 2 aromatic rings. The number of aromatic nitrogens is 1. The van der Waals surface area contributed by atoms with Crippen molar-refractivity contribution in [3.05, 3.63) is 40.6 Å². The molecule has 1 atom stereocenters. The number of rotatable bonds is 5. The maximum absolute atomic E-state index is 11.1. The van der Waals surface area contributed by atoms with Crippen LogP contribution in [0.1, 0.15) is 19.3 Å². The molecule has 0 aliphatic carbocycles. The highest BCUT2D eigenvalue weighted by Crippen LogP contribution is 2.29. The minimum atomic E-state index is -0.387. The summed E-state index contributed by atoms with van der Waals surface area (Å²) in [5.41, 5.74) is 1.39. The first-order valence-corrected chi connectivity index (χ1v) is 7.25. The average Bonchev–Trinajstić information content (AvgIpc) is 3.00. The van der Waals surface area contributed by atoms with Crippen molar-refractivity contribution in [1.82, 2.24) is 10.3 Å². The molecule has 0 unspecified atom stereocenters. The number of anilines is 1. The number of non-ortho nitro benzene ring substituents is 1. The fourth-order valence-corrected chi connectivity index (χ4v) is 2.84. The molecule has 2 heterocycles. The van der Waals surface area contributed by atoms with Crippen molar-refractivity contribution in [2.75, 3.05) is 18.4 Å². The van der Waals surface area contributed by atoms with E-state index < -0.39 is 0 Å². The Morgan fingerprint density at radius 1 is 1.43 bits per heavy atom. The van der Waals surface area contributed by atoms with E-state index in [0.717, 1.165) is 30.6 Å². The number of hydrogen-bond acceptors (Lipinski definition) is 5. The summed E-state index contributed by atoms with van der Waals surface area (Å²) < 4.78 is 0. The van der Waals surface area contributed by atoms with Gasteiger partial charge in [0.05, 0.1) is 4.92 Å². The van der Waals surface area contributed by atoms with E-state index in [2.05, 4.69) is 15.6 Å². The third-order valence-corrected chi connectivity index (χ3v) is 3.92. The second-order valence-electron chi connectivity index (χ2n) is 5.30. The molecule has 6 heteroatoms. The van der Waals surface area contributed by atoms with Crippen LogP contribution in [0.15, 0.2) is 30.5 Å². The van der Waals surface area contributed by atoms with Gasteiger partial charge >= 0.3 is 0 Å². The number of nitro groups is 1. The van der Waals surface area contributed by atoms with Crippen molar-refractivity contribution < 1.29 is 4.92 Å². The van der Waals surface area contributed by atoms with E-state index in [-0.39, 0.29) is 10.6 Å². The lowest BCUT2D eigenvalue weighted by atomic mass is 10.1. The van der Waals surface area contributed by atoms with Crippen molar-refractivity contribution in [2.45, 2.75) is 25.3 Å². The van der Waals surface area contributed by atoms with Gasteiger partial charge in [-0.3, -0.25) is 10.1 Å². The van der Waals surface area contributed by atoms with Crippen LogP contribution in [0, 0.1) is 10.1 Å². The van der Waals surface area contributed by atoms with Crippen molar-refractivity contribution in [3.63, 3.8) is 0 Å². The van der Waals surface area contributed by atoms with E-state index in [1.165, 1.54) is 18.9 Å². The maximum atomic E-state index is 11.1. The minimum Gasteiger partial charge on any atom is -0.384 e. The first kappa shape index (κ1) is 13.8. The SMILES string of the molecule is O=[N+]([O-])c1ccc(NCC[C@@H]2CCCN2)c2cccnc12. The summed E-state index contributed by atoms with van der Waals surface area (Å²) in [7, 11) is 0. The lowest BCUT2D eigenvalue weighted by Gasteiger charge is -2.13. The Kier molecular flexibility index (Phi) is 3.96. The molecule has 1 aliphatic heterocycles. The number of pyridine rings is 1. The summed E-state index contributed by atoms with van der Waals surface area (Å²) in [6.07, 6.45) is 5.11. The van der Waals surface area contributed by atoms with Gasteiger partial charge in [0, 0.05) is 35.9 Å². The molecule has 1 saturated heterocycles. The normalized spacial score (nSPS) is 18.0.